The highest BCUT2D eigenvalue weighted by molar-refractivity contribution is 6.08. The number of hydrogen-bond acceptors (Lipinski definition) is 4. The van der Waals surface area contributed by atoms with Crippen LogP contribution in [-0.2, 0) is 19.4 Å². The van der Waals surface area contributed by atoms with Gasteiger partial charge < -0.3 is 15.6 Å². The van der Waals surface area contributed by atoms with Gasteiger partial charge in [0.2, 0.25) is 0 Å². The summed E-state index contributed by atoms with van der Waals surface area (Å²) in [4.78, 5) is 9.77. The van der Waals surface area contributed by atoms with Crippen molar-refractivity contribution < 1.29 is 9.84 Å². The van der Waals surface area contributed by atoms with Crippen LogP contribution < -0.4 is 10.5 Å². The number of benzene rings is 3. The third kappa shape index (κ3) is 6.10. The molecule has 3 aromatic carbocycles. The predicted octanol–water partition coefficient (Wildman–Crippen LogP) is 5.95. The molecule has 182 valence electrons. The third-order valence-electron chi connectivity index (χ3n) is 6.95. The second-order valence-electron chi connectivity index (χ2n) is 9.58. The van der Waals surface area contributed by atoms with Crippen molar-refractivity contribution in [3.63, 3.8) is 0 Å². The molecule has 3 N–H and O–H groups in total. The number of hydrogen-bond donors (Lipinski definition) is 2. The molecule has 0 fully saturated rings. The summed E-state index contributed by atoms with van der Waals surface area (Å²) in [6.07, 6.45) is 4.72. The number of unbranched alkanes of at least 4 members (excludes halogenated alkanes) is 1. The van der Waals surface area contributed by atoms with Crippen molar-refractivity contribution in [3.8, 4) is 11.5 Å². The van der Waals surface area contributed by atoms with Gasteiger partial charge in [0.25, 0.3) is 0 Å². The Labute approximate surface area is 208 Å². The molecule has 0 radical (unpaired) electrons. The van der Waals surface area contributed by atoms with E-state index in [9.17, 15) is 5.11 Å². The number of aromatic hydroxyl groups is 1. The van der Waals surface area contributed by atoms with Gasteiger partial charge in [-0.2, -0.15) is 0 Å². The van der Waals surface area contributed by atoms with E-state index in [-0.39, 0.29) is 11.3 Å². The van der Waals surface area contributed by atoms with Crippen molar-refractivity contribution in [1.29, 1.82) is 0 Å². The zero-order valence-electron chi connectivity index (χ0n) is 20.7. The van der Waals surface area contributed by atoms with Gasteiger partial charge in [0.15, 0.2) is 0 Å². The average molecular weight is 470 g/mol. The highest BCUT2D eigenvalue weighted by Gasteiger charge is 2.45. The molecule has 1 aliphatic heterocycles. The fourth-order valence-corrected chi connectivity index (χ4v) is 5.04. The number of phenolic OH excluding ortho intramolecular Hbond substituents is 1. The summed E-state index contributed by atoms with van der Waals surface area (Å²) < 4.78 is 5.46. The first-order valence-electron chi connectivity index (χ1n) is 12.3. The normalized spacial score (nSPS) is 20.7. The number of phenols is 1. The van der Waals surface area contributed by atoms with Crippen LogP contribution in [0.5, 0.6) is 11.5 Å². The monoisotopic (exact) mass is 469 g/mol. The molecule has 1 aliphatic rings. The van der Waals surface area contributed by atoms with E-state index in [1.165, 1.54) is 5.56 Å². The van der Waals surface area contributed by atoms with Crippen molar-refractivity contribution >= 4 is 11.7 Å². The lowest BCUT2D eigenvalue weighted by Crippen LogP contribution is -2.37. The van der Waals surface area contributed by atoms with Gasteiger partial charge in [0.05, 0.1) is 13.7 Å². The minimum atomic E-state index is -0.295. The molecular weight excluding hydrogens is 434 g/mol. The number of aryl methyl sites for hydroxylation is 1. The number of ether oxygens (including phenoxy) is 1. The van der Waals surface area contributed by atoms with Crippen LogP contribution in [0.2, 0.25) is 0 Å². The summed E-state index contributed by atoms with van der Waals surface area (Å²) in [6.45, 7) is 2.84. The molecule has 4 rings (SSSR count). The van der Waals surface area contributed by atoms with Crippen LogP contribution >= 0.6 is 0 Å². The van der Waals surface area contributed by atoms with Crippen molar-refractivity contribution in [2.24, 2.45) is 27.1 Å². The fraction of sp³-hybridized carbons (Fsp3) is 0.333. The lowest BCUT2D eigenvalue weighted by molar-refractivity contribution is 0.338. The minimum Gasteiger partial charge on any atom is -0.508 e. The number of rotatable bonds is 10. The number of amidine groups is 2. The molecule has 35 heavy (non-hydrogen) atoms. The Morgan fingerprint density at radius 1 is 0.943 bits per heavy atom. The minimum absolute atomic E-state index is 0.118. The standard InChI is InChI=1S/C30H35N3O2/c1-30(20-24-14-9-16-26(19-24)35-2)27(17-7-6-10-22-13-8-15-25(34)18-22)28(31)33-29(30)32-21-23-11-4-3-5-12-23/h3-5,8-9,11-16,18-19,27,34H,6-7,10,17,20-21H2,1-2H3,(H2,31,32,33). The van der Waals surface area contributed by atoms with Crippen molar-refractivity contribution in [1.82, 2.24) is 0 Å². The van der Waals surface area contributed by atoms with E-state index < -0.39 is 0 Å². The third-order valence-corrected chi connectivity index (χ3v) is 6.95. The number of methoxy groups -OCH3 is 1. The molecular formula is C30H35N3O2. The smallest absolute Gasteiger partial charge is 0.132 e. The Morgan fingerprint density at radius 2 is 1.69 bits per heavy atom. The molecule has 0 spiro atoms. The second kappa shape index (κ2) is 11.2. The first kappa shape index (κ1) is 24.5. The first-order chi connectivity index (χ1) is 17.0. The van der Waals surface area contributed by atoms with E-state index in [1.54, 1.807) is 13.2 Å². The first-order valence-corrected chi connectivity index (χ1v) is 12.3. The van der Waals surface area contributed by atoms with Gasteiger partial charge in [0, 0.05) is 11.3 Å². The van der Waals surface area contributed by atoms with Crippen LogP contribution in [-0.4, -0.2) is 23.9 Å². The summed E-state index contributed by atoms with van der Waals surface area (Å²) in [5.74, 6) is 2.80. The van der Waals surface area contributed by atoms with Crippen LogP contribution in [0.15, 0.2) is 88.8 Å². The lowest BCUT2D eigenvalue weighted by atomic mass is 9.71. The number of aliphatic imine (C=N–C) groups is 2. The van der Waals surface area contributed by atoms with Gasteiger partial charge in [-0.05, 0) is 66.6 Å². The van der Waals surface area contributed by atoms with Crippen LogP contribution in [0.1, 0.15) is 42.9 Å². The van der Waals surface area contributed by atoms with E-state index >= 15 is 0 Å². The topological polar surface area (TPSA) is 80.2 Å². The van der Waals surface area contributed by atoms with Crippen LogP contribution in [0.4, 0.5) is 0 Å². The van der Waals surface area contributed by atoms with Crippen LogP contribution in [0.25, 0.3) is 0 Å². The van der Waals surface area contributed by atoms with Crippen LogP contribution in [0, 0.1) is 11.3 Å². The zero-order chi connectivity index (χ0) is 24.7. The quantitative estimate of drug-likeness (QED) is 0.360. The number of nitrogens with zero attached hydrogens (tertiary/aromatic N) is 2. The summed E-state index contributed by atoms with van der Waals surface area (Å²) >= 11 is 0. The molecule has 1 heterocycles. The van der Waals surface area contributed by atoms with Gasteiger partial charge in [-0.1, -0.05) is 67.9 Å². The molecule has 2 unspecified atom stereocenters. The highest BCUT2D eigenvalue weighted by atomic mass is 16.5. The maximum Gasteiger partial charge on any atom is 0.132 e. The maximum absolute atomic E-state index is 9.73. The molecule has 0 saturated carbocycles. The van der Waals surface area contributed by atoms with E-state index in [0.717, 1.165) is 54.8 Å². The predicted molar refractivity (Wildman–Crippen MR) is 143 cm³/mol. The van der Waals surface area contributed by atoms with Gasteiger partial charge >= 0.3 is 0 Å². The SMILES string of the molecule is COc1cccc(CC2(C)C(=NCc3ccccc3)N=C(N)C2CCCCc2cccc(O)c2)c1. The molecule has 0 aromatic heterocycles. The van der Waals surface area contributed by atoms with Crippen LogP contribution in [0.3, 0.4) is 0 Å². The molecule has 0 saturated heterocycles. The lowest BCUT2D eigenvalue weighted by Gasteiger charge is -2.32. The Kier molecular flexibility index (Phi) is 7.86. The zero-order valence-corrected chi connectivity index (χ0v) is 20.7. The molecule has 5 nitrogen and oxygen atoms in total. The fourth-order valence-electron chi connectivity index (χ4n) is 5.04. The van der Waals surface area contributed by atoms with Gasteiger partial charge in [-0.3, -0.25) is 4.99 Å². The van der Waals surface area contributed by atoms with Crippen molar-refractivity contribution in [2.45, 2.75) is 45.6 Å². The molecule has 0 aliphatic carbocycles. The van der Waals surface area contributed by atoms with Crippen molar-refractivity contribution in [3.05, 3.63) is 95.6 Å². The summed E-state index contributed by atoms with van der Waals surface area (Å²) in [5.41, 5.74) is 9.76. The van der Waals surface area contributed by atoms with E-state index in [1.807, 2.05) is 42.5 Å². The molecule has 3 aromatic rings. The largest absolute Gasteiger partial charge is 0.508 e. The summed E-state index contributed by atoms with van der Waals surface area (Å²) in [5, 5.41) is 9.73. The second-order valence-corrected chi connectivity index (χ2v) is 9.58. The Hall–Kier alpha value is -3.60. The highest BCUT2D eigenvalue weighted by Crippen LogP contribution is 2.42. The Balaban J connectivity index is 1.52. The number of nitrogens with two attached hydrogens (primary N) is 1. The summed E-state index contributed by atoms with van der Waals surface area (Å²) in [6, 6.07) is 26.0. The van der Waals surface area contributed by atoms with E-state index in [4.69, 9.17) is 20.5 Å². The van der Waals surface area contributed by atoms with Gasteiger partial charge in [-0.25, -0.2) is 4.99 Å². The molecule has 0 amide bonds. The molecule has 5 heteroatoms. The molecule has 0 bridgehead atoms. The van der Waals surface area contributed by atoms with E-state index in [0.29, 0.717) is 18.1 Å². The Bertz CT molecular complexity index is 1190. The van der Waals surface area contributed by atoms with Gasteiger partial charge in [-0.15, -0.1) is 0 Å². The van der Waals surface area contributed by atoms with Gasteiger partial charge in [0.1, 0.15) is 23.2 Å². The Morgan fingerprint density at radius 3 is 2.46 bits per heavy atom. The average Bonchev–Trinajstić information content (AvgIpc) is 3.09. The summed E-state index contributed by atoms with van der Waals surface area (Å²) in [7, 11) is 1.69. The van der Waals surface area contributed by atoms with E-state index in [2.05, 4.69) is 37.3 Å². The van der Waals surface area contributed by atoms with Crippen molar-refractivity contribution in [2.75, 3.05) is 7.11 Å². The molecule has 2 atom stereocenters. The maximum atomic E-state index is 9.73.